The first-order valence-corrected chi connectivity index (χ1v) is 9.80. The molecule has 2 fully saturated rings. The lowest BCUT2D eigenvalue weighted by Gasteiger charge is -2.42. The van der Waals surface area contributed by atoms with E-state index in [2.05, 4.69) is 4.90 Å². The van der Waals surface area contributed by atoms with Crippen molar-refractivity contribution >= 4 is 9.84 Å². The minimum Gasteiger partial charge on any atom is -0.379 e. The first kappa shape index (κ1) is 16.0. The predicted octanol–water partition coefficient (Wildman–Crippen LogP) is 2.48. The molecule has 1 heterocycles. The summed E-state index contributed by atoms with van der Waals surface area (Å²) in [6, 6.07) is 7.37. The highest BCUT2D eigenvalue weighted by Crippen LogP contribution is 2.42. The van der Waals surface area contributed by atoms with Crippen molar-refractivity contribution in [2.24, 2.45) is 5.41 Å². The lowest BCUT2D eigenvalue weighted by atomic mass is 9.69. The highest BCUT2D eigenvalue weighted by atomic mass is 32.2. The molecule has 1 saturated carbocycles. The van der Waals surface area contributed by atoms with E-state index in [0.29, 0.717) is 10.3 Å². The van der Waals surface area contributed by atoms with Crippen LogP contribution in [0.3, 0.4) is 0 Å². The van der Waals surface area contributed by atoms with Crippen LogP contribution in [0.15, 0.2) is 29.2 Å². The Labute approximate surface area is 133 Å². The van der Waals surface area contributed by atoms with E-state index >= 15 is 0 Å². The van der Waals surface area contributed by atoms with Crippen LogP contribution < -0.4 is 0 Å². The third-order valence-corrected chi connectivity index (χ3v) is 6.75. The van der Waals surface area contributed by atoms with Crippen LogP contribution >= 0.6 is 0 Å². The fourth-order valence-corrected chi connectivity index (χ4v) is 4.31. The van der Waals surface area contributed by atoms with Crippen molar-refractivity contribution in [2.45, 2.75) is 37.6 Å². The van der Waals surface area contributed by atoms with E-state index in [4.69, 9.17) is 4.74 Å². The molecule has 5 heteroatoms. The van der Waals surface area contributed by atoms with Gasteiger partial charge in [0.15, 0.2) is 9.84 Å². The molecule has 4 nitrogen and oxygen atoms in total. The maximum atomic E-state index is 11.9. The molecule has 0 bridgehead atoms. The van der Waals surface area contributed by atoms with Gasteiger partial charge in [0.1, 0.15) is 0 Å². The van der Waals surface area contributed by atoms with Gasteiger partial charge in [-0.25, -0.2) is 8.42 Å². The summed E-state index contributed by atoms with van der Waals surface area (Å²) in [5, 5.41) is 0. The van der Waals surface area contributed by atoms with Crippen LogP contribution in [0.1, 0.15) is 31.7 Å². The van der Waals surface area contributed by atoms with E-state index in [1.54, 1.807) is 19.1 Å². The molecule has 1 saturated heterocycles. The zero-order chi connectivity index (χ0) is 15.6. The van der Waals surface area contributed by atoms with Crippen LogP contribution in [0.4, 0.5) is 0 Å². The summed E-state index contributed by atoms with van der Waals surface area (Å²) in [6.07, 6.45) is 3.87. The second-order valence-electron chi connectivity index (χ2n) is 6.66. The number of ether oxygens (including phenoxy) is 1. The minimum atomic E-state index is -3.10. The number of hydrogen-bond donors (Lipinski definition) is 0. The highest BCUT2D eigenvalue weighted by Gasteiger charge is 2.40. The third kappa shape index (κ3) is 3.36. The molecule has 122 valence electrons. The molecule has 0 N–H and O–H groups in total. The van der Waals surface area contributed by atoms with Gasteiger partial charge in [-0.15, -0.1) is 0 Å². The fraction of sp³-hybridized carbons (Fsp3) is 0.647. The van der Waals surface area contributed by atoms with Crippen molar-refractivity contribution in [3.05, 3.63) is 29.8 Å². The van der Waals surface area contributed by atoms with Gasteiger partial charge in [0.05, 0.1) is 23.9 Å². The number of nitrogens with zero attached hydrogens (tertiary/aromatic N) is 1. The van der Waals surface area contributed by atoms with Crippen molar-refractivity contribution < 1.29 is 13.2 Å². The normalized spacial score (nSPS) is 22.2. The molecule has 22 heavy (non-hydrogen) atoms. The molecule has 3 rings (SSSR count). The molecule has 0 amide bonds. The van der Waals surface area contributed by atoms with Gasteiger partial charge < -0.3 is 4.74 Å². The lowest BCUT2D eigenvalue weighted by Crippen LogP contribution is -2.43. The first-order valence-electron chi connectivity index (χ1n) is 8.15. The SMILES string of the molecule is CCS(=O)(=O)c1ccc(CN2CCOCC3(CCC3)C2)cc1. The van der Waals surface area contributed by atoms with Crippen molar-refractivity contribution in [1.29, 1.82) is 0 Å². The van der Waals surface area contributed by atoms with Crippen LogP contribution in [0.2, 0.25) is 0 Å². The van der Waals surface area contributed by atoms with E-state index in [9.17, 15) is 8.42 Å². The van der Waals surface area contributed by atoms with Gasteiger partial charge in [0.25, 0.3) is 0 Å². The molecular formula is C17H25NO3S. The summed E-state index contributed by atoms with van der Waals surface area (Å²) in [4.78, 5) is 2.88. The van der Waals surface area contributed by atoms with Crippen LogP contribution in [0.25, 0.3) is 0 Å². The van der Waals surface area contributed by atoms with Gasteiger partial charge in [0, 0.05) is 25.0 Å². The molecule has 1 aromatic rings. The van der Waals surface area contributed by atoms with Gasteiger partial charge in [0.2, 0.25) is 0 Å². The average molecular weight is 323 g/mol. The van der Waals surface area contributed by atoms with Gasteiger partial charge in [-0.3, -0.25) is 4.90 Å². The summed E-state index contributed by atoms with van der Waals surface area (Å²) in [5.74, 6) is 0.151. The number of benzene rings is 1. The first-order chi connectivity index (χ1) is 10.5. The van der Waals surface area contributed by atoms with Crippen molar-refractivity contribution in [2.75, 3.05) is 32.1 Å². The minimum absolute atomic E-state index is 0.151. The number of rotatable bonds is 4. The smallest absolute Gasteiger partial charge is 0.178 e. The maximum absolute atomic E-state index is 11.9. The standard InChI is InChI=1S/C17H25NO3S/c1-2-22(19,20)16-6-4-15(5-7-16)12-18-10-11-21-14-17(13-18)8-3-9-17/h4-7H,2-3,8-14H2,1H3. The number of sulfone groups is 1. The van der Waals surface area contributed by atoms with Crippen LogP contribution in [0.5, 0.6) is 0 Å². The molecule has 1 aliphatic carbocycles. The molecule has 0 atom stereocenters. The predicted molar refractivity (Wildman–Crippen MR) is 86.5 cm³/mol. The van der Waals surface area contributed by atoms with E-state index in [1.165, 1.54) is 24.8 Å². The Bertz CT molecular complexity index is 605. The second kappa shape index (κ2) is 6.30. The van der Waals surface area contributed by atoms with Gasteiger partial charge in [-0.1, -0.05) is 25.5 Å². The summed E-state index contributed by atoms with van der Waals surface area (Å²) in [7, 11) is -3.10. The Balaban J connectivity index is 1.67. The summed E-state index contributed by atoms with van der Waals surface area (Å²) >= 11 is 0. The Morgan fingerprint density at radius 3 is 2.55 bits per heavy atom. The largest absolute Gasteiger partial charge is 0.379 e. The Morgan fingerprint density at radius 2 is 1.95 bits per heavy atom. The molecule has 0 radical (unpaired) electrons. The van der Waals surface area contributed by atoms with E-state index in [1.807, 2.05) is 12.1 Å². The van der Waals surface area contributed by atoms with Crippen molar-refractivity contribution in [3.63, 3.8) is 0 Å². The van der Waals surface area contributed by atoms with Crippen LogP contribution in [0, 0.1) is 5.41 Å². The fourth-order valence-electron chi connectivity index (χ4n) is 3.42. The third-order valence-electron chi connectivity index (χ3n) is 5.00. The zero-order valence-corrected chi connectivity index (χ0v) is 14.1. The maximum Gasteiger partial charge on any atom is 0.178 e. The highest BCUT2D eigenvalue weighted by molar-refractivity contribution is 7.91. The average Bonchev–Trinajstić information content (AvgIpc) is 2.70. The van der Waals surface area contributed by atoms with E-state index < -0.39 is 9.84 Å². The van der Waals surface area contributed by atoms with Crippen LogP contribution in [-0.2, 0) is 21.1 Å². The quantitative estimate of drug-likeness (QED) is 0.854. The second-order valence-corrected chi connectivity index (χ2v) is 8.94. The molecule has 1 aliphatic heterocycles. The summed E-state index contributed by atoms with van der Waals surface area (Å²) in [5.41, 5.74) is 1.55. The molecule has 1 aromatic carbocycles. The summed E-state index contributed by atoms with van der Waals surface area (Å²) in [6.45, 7) is 6.30. The topological polar surface area (TPSA) is 46.6 Å². The Kier molecular flexibility index (Phi) is 4.57. The zero-order valence-electron chi connectivity index (χ0n) is 13.3. The van der Waals surface area contributed by atoms with Crippen molar-refractivity contribution in [3.8, 4) is 0 Å². The van der Waals surface area contributed by atoms with Crippen LogP contribution in [-0.4, -0.2) is 45.4 Å². The lowest BCUT2D eigenvalue weighted by molar-refractivity contribution is 0.00955. The van der Waals surface area contributed by atoms with Crippen molar-refractivity contribution in [1.82, 2.24) is 4.90 Å². The molecule has 0 aromatic heterocycles. The Hall–Kier alpha value is -0.910. The van der Waals surface area contributed by atoms with Gasteiger partial charge in [-0.2, -0.15) is 0 Å². The number of hydrogen-bond acceptors (Lipinski definition) is 4. The monoisotopic (exact) mass is 323 g/mol. The van der Waals surface area contributed by atoms with Gasteiger partial charge in [-0.05, 0) is 30.5 Å². The van der Waals surface area contributed by atoms with Gasteiger partial charge >= 0.3 is 0 Å². The Morgan fingerprint density at radius 1 is 1.23 bits per heavy atom. The molecule has 1 spiro atoms. The molecule has 0 unspecified atom stereocenters. The molecule has 2 aliphatic rings. The summed E-state index contributed by atoms with van der Waals surface area (Å²) < 4.78 is 29.5. The molecular weight excluding hydrogens is 298 g/mol. The van der Waals surface area contributed by atoms with E-state index in [0.717, 1.165) is 32.8 Å². The van der Waals surface area contributed by atoms with E-state index in [-0.39, 0.29) is 5.75 Å².